The molecule has 0 saturated heterocycles. The lowest BCUT2D eigenvalue weighted by atomic mass is 9.78. The molecule has 1 N–H and O–H groups in total. The molecule has 1 aromatic rings. The van der Waals surface area contributed by atoms with Gasteiger partial charge >= 0.3 is 0 Å². The molecule has 0 aliphatic heterocycles. The van der Waals surface area contributed by atoms with Gasteiger partial charge < -0.3 is 10.1 Å². The van der Waals surface area contributed by atoms with E-state index in [4.69, 9.17) is 4.74 Å². The van der Waals surface area contributed by atoms with E-state index < -0.39 is 0 Å². The second kappa shape index (κ2) is 7.84. The standard InChI is InChI=1S/C19H31NO/c1-5-15-8-7-9-17(12-15)21-19-13-16(14(3)4)10-11-18(19)20-6-2/h7-9,12,14,16,18-20H,5-6,10-11,13H2,1-4H3. The van der Waals surface area contributed by atoms with Gasteiger partial charge in [0.05, 0.1) is 0 Å². The number of rotatable bonds is 6. The maximum Gasteiger partial charge on any atom is 0.120 e. The highest BCUT2D eigenvalue weighted by molar-refractivity contribution is 5.28. The molecular weight excluding hydrogens is 258 g/mol. The van der Waals surface area contributed by atoms with Gasteiger partial charge in [0.2, 0.25) is 0 Å². The maximum absolute atomic E-state index is 6.38. The van der Waals surface area contributed by atoms with E-state index in [-0.39, 0.29) is 0 Å². The van der Waals surface area contributed by atoms with Gasteiger partial charge in [0.25, 0.3) is 0 Å². The monoisotopic (exact) mass is 289 g/mol. The first kappa shape index (κ1) is 16.4. The third-order valence-corrected chi connectivity index (χ3v) is 4.84. The minimum Gasteiger partial charge on any atom is -0.489 e. The fraction of sp³-hybridized carbons (Fsp3) is 0.684. The molecule has 3 unspecified atom stereocenters. The summed E-state index contributed by atoms with van der Waals surface area (Å²) in [4.78, 5) is 0. The zero-order chi connectivity index (χ0) is 15.2. The van der Waals surface area contributed by atoms with Crippen LogP contribution in [0.3, 0.4) is 0 Å². The Bertz CT molecular complexity index is 429. The molecule has 0 radical (unpaired) electrons. The van der Waals surface area contributed by atoms with Crippen molar-refractivity contribution in [1.29, 1.82) is 0 Å². The van der Waals surface area contributed by atoms with E-state index in [1.165, 1.54) is 24.8 Å². The molecule has 21 heavy (non-hydrogen) atoms. The van der Waals surface area contributed by atoms with Gasteiger partial charge in [0.15, 0.2) is 0 Å². The van der Waals surface area contributed by atoms with Crippen molar-refractivity contribution in [1.82, 2.24) is 5.32 Å². The van der Waals surface area contributed by atoms with Gasteiger partial charge in [-0.1, -0.05) is 39.8 Å². The minimum atomic E-state index is 0.304. The van der Waals surface area contributed by atoms with Gasteiger partial charge in [-0.25, -0.2) is 0 Å². The lowest BCUT2D eigenvalue weighted by Crippen LogP contribution is -2.47. The summed E-state index contributed by atoms with van der Waals surface area (Å²) < 4.78 is 6.38. The van der Waals surface area contributed by atoms with Crippen LogP contribution in [0.4, 0.5) is 0 Å². The molecule has 0 amide bonds. The molecular formula is C19H31NO. The Morgan fingerprint density at radius 1 is 1.24 bits per heavy atom. The van der Waals surface area contributed by atoms with Crippen molar-refractivity contribution in [2.45, 2.75) is 65.5 Å². The Hall–Kier alpha value is -1.02. The lowest BCUT2D eigenvalue weighted by Gasteiger charge is -2.38. The average molecular weight is 289 g/mol. The van der Waals surface area contributed by atoms with Crippen LogP contribution < -0.4 is 10.1 Å². The summed E-state index contributed by atoms with van der Waals surface area (Å²) in [5.74, 6) is 2.58. The highest BCUT2D eigenvalue weighted by Crippen LogP contribution is 2.32. The number of aryl methyl sites for hydroxylation is 1. The molecule has 2 nitrogen and oxygen atoms in total. The summed E-state index contributed by atoms with van der Waals surface area (Å²) >= 11 is 0. The van der Waals surface area contributed by atoms with E-state index in [0.717, 1.165) is 30.6 Å². The number of hydrogen-bond donors (Lipinski definition) is 1. The first-order chi connectivity index (χ1) is 10.1. The van der Waals surface area contributed by atoms with Gasteiger partial charge in [-0.15, -0.1) is 0 Å². The summed E-state index contributed by atoms with van der Waals surface area (Å²) in [6, 6.07) is 9.07. The van der Waals surface area contributed by atoms with Crippen molar-refractivity contribution in [3.05, 3.63) is 29.8 Å². The Morgan fingerprint density at radius 3 is 2.71 bits per heavy atom. The fourth-order valence-electron chi connectivity index (χ4n) is 3.40. The zero-order valence-corrected chi connectivity index (χ0v) is 14.1. The van der Waals surface area contributed by atoms with Crippen LogP contribution in [0.1, 0.15) is 52.5 Å². The highest BCUT2D eigenvalue weighted by Gasteiger charge is 2.32. The molecule has 1 fully saturated rings. The summed E-state index contributed by atoms with van der Waals surface area (Å²) in [6.07, 6.45) is 5.09. The Morgan fingerprint density at radius 2 is 2.05 bits per heavy atom. The molecule has 1 aromatic carbocycles. The molecule has 118 valence electrons. The van der Waals surface area contributed by atoms with Crippen molar-refractivity contribution < 1.29 is 4.74 Å². The number of hydrogen-bond acceptors (Lipinski definition) is 2. The Balaban J connectivity index is 2.07. The molecule has 1 aliphatic carbocycles. The van der Waals surface area contributed by atoms with E-state index in [0.29, 0.717) is 12.1 Å². The van der Waals surface area contributed by atoms with Crippen molar-refractivity contribution in [3.8, 4) is 5.75 Å². The molecule has 0 aromatic heterocycles. The summed E-state index contributed by atoms with van der Waals surface area (Å²) in [5.41, 5.74) is 1.35. The van der Waals surface area contributed by atoms with E-state index in [1.54, 1.807) is 0 Å². The van der Waals surface area contributed by atoms with Gasteiger partial charge in [-0.2, -0.15) is 0 Å². The van der Waals surface area contributed by atoms with Crippen LogP contribution in [-0.4, -0.2) is 18.7 Å². The topological polar surface area (TPSA) is 21.3 Å². The van der Waals surface area contributed by atoms with Gasteiger partial charge in [0, 0.05) is 6.04 Å². The van der Waals surface area contributed by atoms with Crippen molar-refractivity contribution >= 4 is 0 Å². The van der Waals surface area contributed by atoms with Crippen LogP contribution in [-0.2, 0) is 6.42 Å². The maximum atomic E-state index is 6.38. The van der Waals surface area contributed by atoms with E-state index in [1.807, 2.05) is 0 Å². The number of benzene rings is 1. The molecule has 1 aliphatic rings. The predicted octanol–water partition coefficient (Wildman–Crippen LogP) is 4.43. The predicted molar refractivity (Wildman–Crippen MR) is 89.9 cm³/mol. The summed E-state index contributed by atoms with van der Waals surface area (Å²) in [5, 5.41) is 3.62. The fourth-order valence-corrected chi connectivity index (χ4v) is 3.40. The molecule has 1 saturated carbocycles. The van der Waals surface area contributed by atoms with E-state index in [9.17, 15) is 0 Å². The Labute approximate surface area is 130 Å². The number of ether oxygens (including phenoxy) is 1. The number of likely N-dealkylation sites (N-methyl/N-ethyl adjacent to an activating group) is 1. The summed E-state index contributed by atoms with van der Waals surface area (Å²) in [7, 11) is 0. The van der Waals surface area contributed by atoms with Crippen molar-refractivity contribution in [3.63, 3.8) is 0 Å². The minimum absolute atomic E-state index is 0.304. The second-order valence-electron chi connectivity index (χ2n) is 6.64. The molecule has 0 heterocycles. The second-order valence-corrected chi connectivity index (χ2v) is 6.64. The largest absolute Gasteiger partial charge is 0.489 e. The molecule has 0 bridgehead atoms. The van der Waals surface area contributed by atoms with Crippen LogP contribution in [0, 0.1) is 11.8 Å². The quantitative estimate of drug-likeness (QED) is 0.836. The van der Waals surface area contributed by atoms with Crippen LogP contribution in [0.15, 0.2) is 24.3 Å². The van der Waals surface area contributed by atoms with Gasteiger partial charge in [-0.3, -0.25) is 0 Å². The smallest absolute Gasteiger partial charge is 0.120 e. The van der Waals surface area contributed by atoms with E-state index >= 15 is 0 Å². The lowest BCUT2D eigenvalue weighted by molar-refractivity contribution is 0.0725. The highest BCUT2D eigenvalue weighted by atomic mass is 16.5. The van der Waals surface area contributed by atoms with Crippen LogP contribution in [0.5, 0.6) is 5.75 Å². The molecule has 0 spiro atoms. The van der Waals surface area contributed by atoms with Gasteiger partial charge in [-0.05, 0) is 61.8 Å². The SMILES string of the molecule is CCNC1CCC(C(C)C)CC1Oc1cccc(CC)c1. The third kappa shape index (κ3) is 4.47. The van der Waals surface area contributed by atoms with Crippen molar-refractivity contribution in [2.24, 2.45) is 11.8 Å². The van der Waals surface area contributed by atoms with Crippen LogP contribution >= 0.6 is 0 Å². The third-order valence-electron chi connectivity index (χ3n) is 4.84. The molecule has 2 rings (SSSR count). The number of nitrogens with one attached hydrogen (secondary N) is 1. The normalized spacial score (nSPS) is 26.0. The van der Waals surface area contributed by atoms with Gasteiger partial charge in [0.1, 0.15) is 11.9 Å². The van der Waals surface area contributed by atoms with Crippen molar-refractivity contribution in [2.75, 3.05) is 6.54 Å². The first-order valence-corrected chi connectivity index (χ1v) is 8.63. The molecule has 2 heteroatoms. The first-order valence-electron chi connectivity index (χ1n) is 8.63. The Kier molecular flexibility index (Phi) is 6.10. The average Bonchev–Trinajstić information content (AvgIpc) is 2.49. The summed E-state index contributed by atoms with van der Waals surface area (Å²) in [6.45, 7) is 10.1. The molecule has 3 atom stereocenters. The van der Waals surface area contributed by atoms with Crippen LogP contribution in [0.2, 0.25) is 0 Å². The zero-order valence-electron chi connectivity index (χ0n) is 14.1. The van der Waals surface area contributed by atoms with E-state index in [2.05, 4.69) is 57.3 Å². The van der Waals surface area contributed by atoms with Crippen LogP contribution in [0.25, 0.3) is 0 Å².